The van der Waals surface area contributed by atoms with Gasteiger partial charge in [0, 0.05) is 36.0 Å². The van der Waals surface area contributed by atoms with E-state index in [0.29, 0.717) is 29.5 Å². The summed E-state index contributed by atoms with van der Waals surface area (Å²) in [4.78, 5) is 24.9. The monoisotopic (exact) mass is 625 g/mol. The summed E-state index contributed by atoms with van der Waals surface area (Å²) < 4.78 is 22.4. The molecule has 10 heteroatoms. The van der Waals surface area contributed by atoms with Crippen LogP contribution in [0.25, 0.3) is 11.3 Å². The second kappa shape index (κ2) is 15.4. The number of hydrogen-bond donors (Lipinski definition) is 2. The van der Waals surface area contributed by atoms with Crippen molar-refractivity contribution in [3.63, 3.8) is 0 Å². The van der Waals surface area contributed by atoms with E-state index in [4.69, 9.17) is 23.9 Å². The van der Waals surface area contributed by atoms with Crippen LogP contribution in [0.15, 0.2) is 60.7 Å². The predicted octanol–water partition coefficient (Wildman–Crippen LogP) is 7.70. The van der Waals surface area contributed by atoms with Crippen LogP contribution in [0.3, 0.4) is 0 Å². The van der Waals surface area contributed by atoms with E-state index in [1.807, 2.05) is 30.3 Å². The molecular weight excluding hydrogens is 582 g/mol. The van der Waals surface area contributed by atoms with Crippen molar-refractivity contribution < 1.29 is 23.7 Å². The van der Waals surface area contributed by atoms with Crippen LogP contribution in [0.4, 0.5) is 22.1 Å². The van der Waals surface area contributed by atoms with Crippen LogP contribution >= 0.6 is 0 Å². The molecule has 1 fully saturated rings. The summed E-state index contributed by atoms with van der Waals surface area (Å²) in [6.07, 6.45) is 4.16. The lowest BCUT2D eigenvalue weighted by atomic mass is 9.97. The van der Waals surface area contributed by atoms with E-state index in [2.05, 4.69) is 47.4 Å². The topological polar surface area (TPSA) is 107 Å². The van der Waals surface area contributed by atoms with Gasteiger partial charge < -0.3 is 29.2 Å². The van der Waals surface area contributed by atoms with Gasteiger partial charge in [-0.3, -0.25) is 5.32 Å². The van der Waals surface area contributed by atoms with Crippen LogP contribution in [-0.4, -0.2) is 61.4 Å². The van der Waals surface area contributed by atoms with Crippen LogP contribution in [0, 0.1) is 20.8 Å². The number of carbonyl (C=O) groups excluding carboxylic acids is 1. The molecule has 46 heavy (non-hydrogen) atoms. The molecule has 1 saturated heterocycles. The molecule has 0 bridgehead atoms. The number of ether oxygens (including phenoxy) is 4. The van der Waals surface area contributed by atoms with Crippen molar-refractivity contribution in [2.75, 3.05) is 51.1 Å². The molecule has 2 heterocycles. The minimum Gasteiger partial charge on any atom is -0.497 e. The minimum atomic E-state index is -0.726. The Morgan fingerprint density at radius 3 is 2.48 bits per heavy atom. The second-order valence-corrected chi connectivity index (χ2v) is 11.4. The Morgan fingerprint density at radius 2 is 1.70 bits per heavy atom. The van der Waals surface area contributed by atoms with Crippen molar-refractivity contribution in [3.8, 4) is 34.4 Å². The molecule has 0 atom stereocenters. The average Bonchev–Trinajstić information content (AvgIpc) is 3.06. The Morgan fingerprint density at radius 1 is 0.870 bits per heavy atom. The molecule has 1 aliphatic rings. The fourth-order valence-corrected chi connectivity index (χ4v) is 5.49. The van der Waals surface area contributed by atoms with Gasteiger partial charge in [-0.25, -0.2) is 9.78 Å². The standard InChI is InChI=1S/C36H43N5O5/c1-24-13-15-30(26(3)25(24)2)32-23-34(46-36(42)39-31-16-14-28(43-4)22-33(31)44-5)40-35(38-32)37-27-11-9-12-29(21-27)45-20-10-19-41-17-7-6-8-18-41/h9,11-16,21-23H,6-8,10,17-20H2,1-5H3,(H,39,42)(H,37,38,40). The first kappa shape index (κ1) is 32.6. The number of methoxy groups -OCH3 is 2. The number of amides is 1. The number of aryl methyl sites for hydroxylation is 1. The summed E-state index contributed by atoms with van der Waals surface area (Å²) in [7, 11) is 3.08. The van der Waals surface area contributed by atoms with Gasteiger partial charge in [0.05, 0.1) is 32.2 Å². The smallest absolute Gasteiger partial charge is 0.418 e. The molecule has 5 rings (SSSR count). The highest BCUT2D eigenvalue weighted by atomic mass is 16.6. The van der Waals surface area contributed by atoms with E-state index in [9.17, 15) is 4.79 Å². The number of piperidine rings is 1. The van der Waals surface area contributed by atoms with Gasteiger partial charge in [0.25, 0.3) is 0 Å². The van der Waals surface area contributed by atoms with E-state index in [1.54, 1.807) is 31.4 Å². The fraction of sp³-hybridized carbons (Fsp3) is 0.361. The molecule has 1 aliphatic heterocycles. The lowest BCUT2D eigenvalue weighted by Crippen LogP contribution is -2.31. The summed E-state index contributed by atoms with van der Waals surface area (Å²) in [5.74, 6) is 2.15. The number of nitrogens with one attached hydrogen (secondary N) is 2. The maximum Gasteiger partial charge on any atom is 0.418 e. The number of anilines is 3. The highest BCUT2D eigenvalue weighted by Gasteiger charge is 2.16. The molecule has 0 spiro atoms. The number of likely N-dealkylation sites (tertiary alicyclic amines) is 1. The van der Waals surface area contributed by atoms with Crippen molar-refractivity contribution in [1.29, 1.82) is 0 Å². The third kappa shape index (κ3) is 8.45. The fourth-order valence-electron chi connectivity index (χ4n) is 5.49. The highest BCUT2D eigenvalue weighted by molar-refractivity contribution is 5.88. The zero-order chi connectivity index (χ0) is 32.5. The Kier molecular flexibility index (Phi) is 10.9. The SMILES string of the molecule is COc1ccc(NC(=O)Oc2cc(-c3ccc(C)c(C)c3C)nc(Nc3cccc(OCCCN4CCCCC4)c3)n2)c(OC)c1. The summed E-state index contributed by atoms with van der Waals surface area (Å²) in [6.45, 7) is 10.3. The molecule has 0 aliphatic carbocycles. The molecule has 1 aromatic heterocycles. The normalized spacial score (nSPS) is 13.2. The number of aromatic nitrogens is 2. The van der Waals surface area contributed by atoms with E-state index in [1.165, 1.54) is 50.6 Å². The Bertz CT molecular complexity index is 1650. The van der Waals surface area contributed by atoms with Gasteiger partial charge in [-0.15, -0.1) is 0 Å². The van der Waals surface area contributed by atoms with Gasteiger partial charge in [0.15, 0.2) is 0 Å². The van der Waals surface area contributed by atoms with Crippen LogP contribution in [-0.2, 0) is 0 Å². The molecule has 2 N–H and O–H groups in total. The third-order valence-corrected chi connectivity index (χ3v) is 8.31. The van der Waals surface area contributed by atoms with Crippen molar-refractivity contribution in [3.05, 3.63) is 77.4 Å². The van der Waals surface area contributed by atoms with Gasteiger partial charge in [-0.05, 0) is 94.1 Å². The van der Waals surface area contributed by atoms with Gasteiger partial charge in [-0.1, -0.05) is 24.6 Å². The number of benzene rings is 3. The number of nitrogens with zero attached hydrogens (tertiary/aromatic N) is 3. The summed E-state index contributed by atoms with van der Waals surface area (Å²) in [5.41, 5.74) is 6.16. The van der Waals surface area contributed by atoms with Crippen LogP contribution in [0.1, 0.15) is 42.4 Å². The first-order valence-corrected chi connectivity index (χ1v) is 15.7. The summed E-state index contributed by atoms with van der Waals surface area (Å²) in [6, 6.07) is 18.5. The van der Waals surface area contributed by atoms with E-state index in [-0.39, 0.29) is 11.8 Å². The number of hydrogen-bond acceptors (Lipinski definition) is 9. The van der Waals surface area contributed by atoms with Gasteiger partial charge >= 0.3 is 6.09 Å². The zero-order valence-corrected chi connectivity index (χ0v) is 27.3. The first-order valence-electron chi connectivity index (χ1n) is 15.7. The molecule has 0 radical (unpaired) electrons. The Hall–Kier alpha value is -4.83. The van der Waals surface area contributed by atoms with Gasteiger partial charge in [-0.2, -0.15) is 4.98 Å². The van der Waals surface area contributed by atoms with Crippen molar-refractivity contribution in [2.45, 2.75) is 46.5 Å². The summed E-state index contributed by atoms with van der Waals surface area (Å²) in [5, 5.41) is 6.01. The maximum atomic E-state index is 13.0. The molecule has 0 unspecified atom stereocenters. The van der Waals surface area contributed by atoms with E-state index >= 15 is 0 Å². The van der Waals surface area contributed by atoms with Crippen molar-refractivity contribution in [2.24, 2.45) is 0 Å². The Labute approximate surface area is 271 Å². The molecule has 10 nitrogen and oxygen atoms in total. The quantitative estimate of drug-likeness (QED) is 0.153. The molecule has 3 aromatic carbocycles. The van der Waals surface area contributed by atoms with Crippen molar-refractivity contribution in [1.82, 2.24) is 14.9 Å². The average molecular weight is 626 g/mol. The van der Waals surface area contributed by atoms with Crippen LogP contribution in [0.5, 0.6) is 23.1 Å². The number of carbonyl (C=O) groups is 1. The number of rotatable bonds is 12. The first-order chi connectivity index (χ1) is 22.3. The van der Waals surface area contributed by atoms with E-state index < -0.39 is 6.09 Å². The lowest BCUT2D eigenvalue weighted by molar-refractivity contribution is 0.205. The molecular formula is C36H43N5O5. The Balaban J connectivity index is 1.34. The minimum absolute atomic E-state index is 0.0835. The second-order valence-electron chi connectivity index (χ2n) is 11.4. The molecule has 0 saturated carbocycles. The highest BCUT2D eigenvalue weighted by Crippen LogP contribution is 2.32. The third-order valence-electron chi connectivity index (χ3n) is 8.31. The predicted molar refractivity (Wildman–Crippen MR) is 181 cm³/mol. The lowest BCUT2D eigenvalue weighted by Gasteiger charge is -2.26. The van der Waals surface area contributed by atoms with Gasteiger partial charge in [0.2, 0.25) is 11.8 Å². The van der Waals surface area contributed by atoms with Crippen LogP contribution < -0.4 is 29.6 Å². The molecule has 242 valence electrons. The largest absolute Gasteiger partial charge is 0.497 e. The van der Waals surface area contributed by atoms with E-state index in [0.717, 1.165) is 35.5 Å². The van der Waals surface area contributed by atoms with Crippen molar-refractivity contribution >= 4 is 23.4 Å². The summed E-state index contributed by atoms with van der Waals surface area (Å²) >= 11 is 0. The van der Waals surface area contributed by atoms with Crippen LogP contribution in [0.2, 0.25) is 0 Å². The molecule has 4 aromatic rings. The van der Waals surface area contributed by atoms with Gasteiger partial charge in [0.1, 0.15) is 17.2 Å². The zero-order valence-electron chi connectivity index (χ0n) is 27.3. The molecule has 1 amide bonds. The maximum absolute atomic E-state index is 13.0.